The Morgan fingerprint density at radius 3 is 3.15 bits per heavy atom. The lowest BCUT2D eigenvalue weighted by Crippen LogP contribution is -2.34. The van der Waals surface area contributed by atoms with E-state index in [4.69, 9.17) is 4.98 Å². The number of pyridine rings is 1. The molecule has 6 heteroatoms. The van der Waals surface area contributed by atoms with Gasteiger partial charge in [-0.1, -0.05) is 13.0 Å². The summed E-state index contributed by atoms with van der Waals surface area (Å²) in [5.74, 6) is 2.03. The van der Waals surface area contributed by atoms with Gasteiger partial charge in [0.2, 0.25) is 0 Å². The number of nitrogens with zero attached hydrogens (tertiary/aromatic N) is 5. The number of anilines is 1. The molecule has 2 aromatic rings. The van der Waals surface area contributed by atoms with Crippen LogP contribution in [0, 0.1) is 0 Å². The van der Waals surface area contributed by atoms with E-state index in [0.717, 1.165) is 56.5 Å². The fourth-order valence-corrected chi connectivity index (χ4v) is 2.40. The molecule has 0 bridgehead atoms. The molecule has 106 valence electrons. The predicted octanol–water partition coefficient (Wildman–Crippen LogP) is 1.19. The number of rotatable bonds is 5. The smallest absolute Gasteiger partial charge is 0.152 e. The van der Waals surface area contributed by atoms with E-state index in [1.807, 2.05) is 0 Å². The summed E-state index contributed by atoms with van der Waals surface area (Å²) in [5, 5.41) is 11.5. The molecule has 0 radical (unpaired) electrons. The molecule has 6 nitrogen and oxygen atoms in total. The van der Waals surface area contributed by atoms with Gasteiger partial charge in [0.25, 0.3) is 0 Å². The summed E-state index contributed by atoms with van der Waals surface area (Å²) in [6.45, 7) is 6.66. The second kappa shape index (κ2) is 6.00. The summed E-state index contributed by atoms with van der Waals surface area (Å²) in [6, 6.07) is 6.21. The number of fused-ring (bicyclic) bond motifs is 1. The van der Waals surface area contributed by atoms with Gasteiger partial charge in [0.1, 0.15) is 12.1 Å². The summed E-state index contributed by atoms with van der Waals surface area (Å²) in [6.07, 6.45) is 2.94. The van der Waals surface area contributed by atoms with Crippen LogP contribution >= 0.6 is 0 Å². The van der Waals surface area contributed by atoms with Crippen molar-refractivity contribution in [3.8, 4) is 0 Å². The molecule has 1 N–H and O–H groups in total. The second-order valence-corrected chi connectivity index (χ2v) is 5.03. The number of aromatic nitrogens is 4. The molecule has 2 aromatic heterocycles. The van der Waals surface area contributed by atoms with Gasteiger partial charge in [-0.15, -0.1) is 10.2 Å². The Labute approximate surface area is 118 Å². The van der Waals surface area contributed by atoms with Crippen molar-refractivity contribution in [1.29, 1.82) is 0 Å². The van der Waals surface area contributed by atoms with Crippen LogP contribution < -0.4 is 10.2 Å². The standard InChI is InChI=1S/C14H20N6/c1-2-6-15-9-12-4-3-5-13(17-12)19-7-8-20-11-16-18-14(20)10-19/h3-5,11,15H,2,6-10H2,1H3. The van der Waals surface area contributed by atoms with Crippen molar-refractivity contribution < 1.29 is 0 Å². The Morgan fingerprint density at radius 1 is 1.30 bits per heavy atom. The molecule has 1 aliphatic heterocycles. The zero-order chi connectivity index (χ0) is 13.8. The number of nitrogens with one attached hydrogen (secondary N) is 1. The molecule has 0 aromatic carbocycles. The average Bonchev–Trinajstić information content (AvgIpc) is 2.95. The molecule has 0 spiro atoms. The van der Waals surface area contributed by atoms with Crippen molar-refractivity contribution in [1.82, 2.24) is 25.1 Å². The zero-order valence-electron chi connectivity index (χ0n) is 11.8. The molecule has 3 heterocycles. The Hall–Kier alpha value is -1.95. The van der Waals surface area contributed by atoms with Crippen LogP contribution in [0.1, 0.15) is 24.9 Å². The van der Waals surface area contributed by atoms with Crippen LogP contribution in [0.15, 0.2) is 24.5 Å². The minimum atomic E-state index is 0.777. The van der Waals surface area contributed by atoms with Gasteiger partial charge in [-0.05, 0) is 25.1 Å². The molecule has 20 heavy (non-hydrogen) atoms. The van der Waals surface area contributed by atoms with E-state index in [1.165, 1.54) is 0 Å². The van der Waals surface area contributed by atoms with Gasteiger partial charge in [0, 0.05) is 19.6 Å². The maximum Gasteiger partial charge on any atom is 0.152 e. The van der Waals surface area contributed by atoms with Crippen molar-refractivity contribution >= 4 is 5.82 Å². The fraction of sp³-hybridized carbons (Fsp3) is 0.500. The first-order valence-corrected chi connectivity index (χ1v) is 7.15. The zero-order valence-corrected chi connectivity index (χ0v) is 11.8. The van der Waals surface area contributed by atoms with Crippen LogP contribution in [0.3, 0.4) is 0 Å². The van der Waals surface area contributed by atoms with E-state index in [2.05, 4.69) is 50.1 Å². The molecule has 0 amide bonds. The average molecular weight is 272 g/mol. The Morgan fingerprint density at radius 2 is 2.25 bits per heavy atom. The largest absolute Gasteiger partial charge is 0.347 e. The Balaban J connectivity index is 1.70. The minimum Gasteiger partial charge on any atom is -0.347 e. The normalized spacial score (nSPS) is 14.3. The molecular formula is C14H20N6. The first-order valence-electron chi connectivity index (χ1n) is 7.15. The first kappa shape index (κ1) is 13.1. The minimum absolute atomic E-state index is 0.777. The lowest BCUT2D eigenvalue weighted by Gasteiger charge is -2.28. The molecule has 0 fully saturated rings. The van der Waals surface area contributed by atoms with E-state index in [9.17, 15) is 0 Å². The molecule has 1 aliphatic rings. The summed E-state index contributed by atoms with van der Waals surface area (Å²) in [4.78, 5) is 6.99. The maximum atomic E-state index is 4.73. The molecule has 0 saturated carbocycles. The van der Waals surface area contributed by atoms with E-state index < -0.39 is 0 Å². The third-order valence-electron chi connectivity index (χ3n) is 3.49. The van der Waals surface area contributed by atoms with Crippen molar-refractivity contribution in [2.24, 2.45) is 0 Å². The maximum absolute atomic E-state index is 4.73. The van der Waals surface area contributed by atoms with Crippen LogP contribution in [-0.2, 0) is 19.6 Å². The lowest BCUT2D eigenvalue weighted by atomic mass is 10.3. The first-order chi connectivity index (χ1) is 9.86. The van der Waals surface area contributed by atoms with Gasteiger partial charge in [-0.2, -0.15) is 0 Å². The SMILES string of the molecule is CCCNCc1cccc(N2CCn3cnnc3C2)n1. The molecule has 0 unspecified atom stereocenters. The quantitative estimate of drug-likeness (QED) is 0.829. The molecular weight excluding hydrogens is 252 g/mol. The summed E-state index contributed by atoms with van der Waals surface area (Å²) < 4.78 is 2.10. The Kier molecular flexibility index (Phi) is 3.92. The Bertz CT molecular complexity index is 564. The molecule has 0 aliphatic carbocycles. The van der Waals surface area contributed by atoms with Crippen LogP contribution in [0.5, 0.6) is 0 Å². The molecule has 3 rings (SSSR count). The van der Waals surface area contributed by atoms with E-state index in [0.29, 0.717) is 0 Å². The summed E-state index contributed by atoms with van der Waals surface area (Å²) >= 11 is 0. The van der Waals surface area contributed by atoms with Crippen molar-refractivity contribution in [3.05, 3.63) is 36.0 Å². The van der Waals surface area contributed by atoms with Crippen molar-refractivity contribution in [3.63, 3.8) is 0 Å². The van der Waals surface area contributed by atoms with Crippen molar-refractivity contribution in [2.45, 2.75) is 33.0 Å². The highest BCUT2D eigenvalue weighted by Crippen LogP contribution is 2.17. The highest BCUT2D eigenvalue weighted by Gasteiger charge is 2.18. The van der Waals surface area contributed by atoms with Crippen molar-refractivity contribution in [2.75, 3.05) is 18.0 Å². The third kappa shape index (κ3) is 2.80. The van der Waals surface area contributed by atoms with Gasteiger partial charge in [0.15, 0.2) is 5.82 Å². The van der Waals surface area contributed by atoms with Gasteiger partial charge < -0.3 is 14.8 Å². The van der Waals surface area contributed by atoms with Gasteiger partial charge in [-0.3, -0.25) is 0 Å². The third-order valence-corrected chi connectivity index (χ3v) is 3.49. The van der Waals surface area contributed by atoms with Crippen LogP contribution in [0.25, 0.3) is 0 Å². The summed E-state index contributed by atoms with van der Waals surface area (Å²) in [5.41, 5.74) is 1.09. The monoisotopic (exact) mass is 272 g/mol. The van der Waals surface area contributed by atoms with Gasteiger partial charge >= 0.3 is 0 Å². The molecule has 0 saturated heterocycles. The number of hydrogen-bond donors (Lipinski definition) is 1. The van der Waals surface area contributed by atoms with Crippen LogP contribution in [0.2, 0.25) is 0 Å². The predicted molar refractivity (Wildman–Crippen MR) is 77.3 cm³/mol. The van der Waals surface area contributed by atoms with Crippen LogP contribution in [0.4, 0.5) is 5.82 Å². The molecule has 0 atom stereocenters. The number of hydrogen-bond acceptors (Lipinski definition) is 5. The fourth-order valence-electron chi connectivity index (χ4n) is 2.40. The van der Waals surface area contributed by atoms with Gasteiger partial charge in [-0.25, -0.2) is 4.98 Å². The lowest BCUT2D eigenvalue weighted by molar-refractivity contribution is 0.555. The highest BCUT2D eigenvalue weighted by molar-refractivity contribution is 5.40. The van der Waals surface area contributed by atoms with E-state index >= 15 is 0 Å². The van der Waals surface area contributed by atoms with E-state index in [1.54, 1.807) is 6.33 Å². The second-order valence-electron chi connectivity index (χ2n) is 5.03. The van der Waals surface area contributed by atoms with Gasteiger partial charge in [0.05, 0.1) is 12.2 Å². The topological polar surface area (TPSA) is 58.9 Å². The van der Waals surface area contributed by atoms with Crippen LogP contribution in [-0.4, -0.2) is 32.8 Å². The summed E-state index contributed by atoms with van der Waals surface area (Å²) in [7, 11) is 0. The van der Waals surface area contributed by atoms with E-state index in [-0.39, 0.29) is 0 Å². The highest BCUT2D eigenvalue weighted by atomic mass is 15.3.